The van der Waals surface area contributed by atoms with Gasteiger partial charge < -0.3 is 15.7 Å². The molecule has 0 aliphatic heterocycles. The van der Waals surface area contributed by atoms with Crippen molar-refractivity contribution in [2.45, 2.75) is 13.5 Å². The number of benzene rings is 3. The molecule has 0 aliphatic carbocycles. The van der Waals surface area contributed by atoms with Crippen molar-refractivity contribution in [3.8, 4) is 17.0 Å². The summed E-state index contributed by atoms with van der Waals surface area (Å²) >= 11 is 0. The number of nitrogens with zero attached hydrogens (tertiary/aromatic N) is 2. The van der Waals surface area contributed by atoms with E-state index in [0.29, 0.717) is 23.4 Å². The van der Waals surface area contributed by atoms with Gasteiger partial charge in [0, 0.05) is 30.4 Å². The van der Waals surface area contributed by atoms with Crippen molar-refractivity contribution >= 4 is 11.8 Å². The minimum absolute atomic E-state index is 0.0982. The highest BCUT2D eigenvalue weighted by molar-refractivity contribution is 6.00. The number of amides is 2. The van der Waals surface area contributed by atoms with Crippen LogP contribution in [-0.4, -0.2) is 39.8 Å². The molecule has 0 saturated carbocycles. The predicted molar refractivity (Wildman–Crippen MR) is 131 cm³/mol. The first-order chi connectivity index (χ1) is 16.5. The fraction of sp³-hybridized carbons (Fsp3) is 0.148. The molecule has 3 N–H and O–H groups in total. The number of nitrogens with one attached hydrogen (secondary N) is 2. The minimum Gasteiger partial charge on any atom is -0.508 e. The smallest absolute Gasteiger partial charge is 0.255 e. The van der Waals surface area contributed by atoms with Crippen molar-refractivity contribution in [2.75, 3.05) is 13.1 Å². The fourth-order valence-electron chi connectivity index (χ4n) is 3.53. The maximum absolute atomic E-state index is 13.0. The van der Waals surface area contributed by atoms with Gasteiger partial charge in [-0.25, -0.2) is 0 Å². The van der Waals surface area contributed by atoms with Crippen LogP contribution in [0.25, 0.3) is 11.3 Å². The zero-order chi connectivity index (χ0) is 23.9. The Hall–Kier alpha value is -4.39. The van der Waals surface area contributed by atoms with Crippen molar-refractivity contribution in [2.24, 2.45) is 0 Å². The minimum atomic E-state index is -0.273. The molecule has 0 aliphatic rings. The zero-order valence-electron chi connectivity index (χ0n) is 18.9. The summed E-state index contributed by atoms with van der Waals surface area (Å²) in [6.07, 6.45) is 1.76. The van der Waals surface area contributed by atoms with E-state index in [9.17, 15) is 14.7 Å². The van der Waals surface area contributed by atoms with Crippen LogP contribution in [0.3, 0.4) is 0 Å². The summed E-state index contributed by atoms with van der Waals surface area (Å²) in [4.78, 5) is 25.2. The maximum atomic E-state index is 13.0. The fourth-order valence-corrected chi connectivity index (χ4v) is 3.53. The number of phenolic OH excluding ortho intramolecular Hbond substituents is 1. The van der Waals surface area contributed by atoms with Crippen LogP contribution in [0.4, 0.5) is 0 Å². The molecule has 2 amide bonds. The Morgan fingerprint density at radius 3 is 2.18 bits per heavy atom. The third-order valence-electron chi connectivity index (χ3n) is 5.34. The first-order valence-corrected chi connectivity index (χ1v) is 11.0. The van der Waals surface area contributed by atoms with Gasteiger partial charge in [0.25, 0.3) is 11.8 Å². The van der Waals surface area contributed by atoms with Gasteiger partial charge in [-0.05, 0) is 36.8 Å². The van der Waals surface area contributed by atoms with Gasteiger partial charge in [0.05, 0.1) is 12.1 Å². The van der Waals surface area contributed by atoms with Crippen LogP contribution in [0, 0.1) is 6.92 Å². The van der Waals surface area contributed by atoms with E-state index >= 15 is 0 Å². The first-order valence-electron chi connectivity index (χ1n) is 11.0. The van der Waals surface area contributed by atoms with Gasteiger partial charge in [0.1, 0.15) is 11.4 Å². The highest BCUT2D eigenvalue weighted by atomic mass is 16.3. The molecular weight excluding hydrogens is 428 g/mol. The Morgan fingerprint density at radius 1 is 0.853 bits per heavy atom. The summed E-state index contributed by atoms with van der Waals surface area (Å²) in [5.41, 5.74) is 4.61. The molecule has 1 heterocycles. The number of hydrogen-bond acceptors (Lipinski definition) is 4. The van der Waals surface area contributed by atoms with Crippen molar-refractivity contribution in [1.29, 1.82) is 0 Å². The number of carbonyl (C=O) groups excluding carboxylic acids is 2. The van der Waals surface area contributed by atoms with E-state index in [-0.39, 0.29) is 30.7 Å². The normalized spacial score (nSPS) is 10.6. The summed E-state index contributed by atoms with van der Waals surface area (Å²) in [7, 11) is 0. The molecule has 172 valence electrons. The van der Waals surface area contributed by atoms with E-state index < -0.39 is 0 Å². The average molecular weight is 455 g/mol. The maximum Gasteiger partial charge on any atom is 0.255 e. The first kappa shape index (κ1) is 22.8. The molecule has 7 nitrogen and oxygen atoms in total. The summed E-state index contributed by atoms with van der Waals surface area (Å²) < 4.78 is 1.77. The van der Waals surface area contributed by atoms with Crippen LogP contribution in [-0.2, 0) is 6.54 Å². The summed E-state index contributed by atoms with van der Waals surface area (Å²) in [6, 6.07) is 23.8. The van der Waals surface area contributed by atoms with Gasteiger partial charge in [-0.2, -0.15) is 5.10 Å². The highest BCUT2D eigenvalue weighted by Gasteiger charge is 2.18. The predicted octanol–water partition coefficient (Wildman–Crippen LogP) is 3.77. The van der Waals surface area contributed by atoms with Crippen molar-refractivity contribution in [3.63, 3.8) is 0 Å². The van der Waals surface area contributed by atoms with E-state index in [1.165, 1.54) is 24.3 Å². The molecule has 7 heteroatoms. The van der Waals surface area contributed by atoms with Crippen LogP contribution in [0.2, 0.25) is 0 Å². The third kappa shape index (κ3) is 5.69. The average Bonchev–Trinajstić information content (AvgIpc) is 3.27. The molecule has 0 unspecified atom stereocenters. The molecule has 0 saturated heterocycles. The Balaban J connectivity index is 1.44. The molecule has 0 spiro atoms. The molecule has 0 bridgehead atoms. The molecule has 0 fully saturated rings. The van der Waals surface area contributed by atoms with E-state index in [2.05, 4.69) is 10.6 Å². The van der Waals surface area contributed by atoms with Crippen molar-refractivity contribution in [1.82, 2.24) is 20.4 Å². The number of rotatable bonds is 8. The topological polar surface area (TPSA) is 96.3 Å². The lowest BCUT2D eigenvalue weighted by Crippen LogP contribution is -2.34. The van der Waals surface area contributed by atoms with Crippen molar-refractivity contribution < 1.29 is 14.7 Å². The van der Waals surface area contributed by atoms with Crippen LogP contribution in [0.15, 0.2) is 85.1 Å². The molecule has 0 radical (unpaired) electrons. The number of aromatic hydroxyl groups is 1. The number of aryl methyl sites for hydroxylation is 1. The molecule has 4 aromatic rings. The standard InChI is InChI=1S/C27H26N4O3/c1-19-7-9-21(10-8-19)25-24(18-31(30-25)17-20-5-3-2-4-6-20)27(34)29-16-15-28-26(33)22-11-13-23(32)14-12-22/h2-14,18,32H,15-17H2,1H3,(H,28,33)(H,29,34). The lowest BCUT2D eigenvalue weighted by Gasteiger charge is -2.08. The SMILES string of the molecule is Cc1ccc(-c2nn(Cc3ccccc3)cc2C(=O)NCCNC(=O)c2ccc(O)cc2)cc1. The van der Waals surface area contributed by atoms with E-state index in [4.69, 9.17) is 5.10 Å². The van der Waals surface area contributed by atoms with Crippen LogP contribution >= 0.6 is 0 Å². The molecule has 0 atom stereocenters. The Bertz CT molecular complexity index is 1260. The largest absolute Gasteiger partial charge is 0.508 e. The highest BCUT2D eigenvalue weighted by Crippen LogP contribution is 2.23. The quantitative estimate of drug-likeness (QED) is 0.353. The van der Waals surface area contributed by atoms with Crippen molar-refractivity contribution in [3.05, 3.63) is 107 Å². The lowest BCUT2D eigenvalue weighted by molar-refractivity contribution is 0.0928. The van der Waals surface area contributed by atoms with Gasteiger partial charge >= 0.3 is 0 Å². The number of aromatic nitrogens is 2. The van der Waals surface area contributed by atoms with Crippen LogP contribution in [0.5, 0.6) is 5.75 Å². The Morgan fingerprint density at radius 2 is 1.50 bits per heavy atom. The zero-order valence-corrected chi connectivity index (χ0v) is 18.9. The Labute approximate surface area is 198 Å². The molecule has 3 aromatic carbocycles. The monoisotopic (exact) mass is 454 g/mol. The number of phenols is 1. The Kier molecular flexibility index (Phi) is 7.03. The summed E-state index contributed by atoms with van der Waals surface area (Å²) in [5, 5.41) is 19.7. The van der Waals surface area contributed by atoms with Crippen LogP contribution in [0.1, 0.15) is 31.8 Å². The second kappa shape index (κ2) is 10.5. The van der Waals surface area contributed by atoms with Gasteiger partial charge in [0.15, 0.2) is 0 Å². The van der Waals surface area contributed by atoms with E-state index in [1.54, 1.807) is 10.9 Å². The molecule has 34 heavy (non-hydrogen) atoms. The molecule has 1 aromatic heterocycles. The number of hydrogen-bond donors (Lipinski definition) is 3. The second-order valence-corrected chi connectivity index (χ2v) is 8.00. The van der Waals surface area contributed by atoms with E-state index in [1.807, 2.05) is 61.5 Å². The third-order valence-corrected chi connectivity index (χ3v) is 5.34. The van der Waals surface area contributed by atoms with Gasteiger partial charge in [-0.3, -0.25) is 14.3 Å². The number of carbonyl (C=O) groups is 2. The van der Waals surface area contributed by atoms with Gasteiger partial charge in [0.2, 0.25) is 0 Å². The molecular formula is C27H26N4O3. The second-order valence-electron chi connectivity index (χ2n) is 8.00. The van der Waals surface area contributed by atoms with Gasteiger partial charge in [-0.1, -0.05) is 60.2 Å². The summed E-state index contributed by atoms with van der Waals surface area (Å²) in [5.74, 6) is -0.431. The van der Waals surface area contributed by atoms with Gasteiger partial charge in [-0.15, -0.1) is 0 Å². The lowest BCUT2D eigenvalue weighted by atomic mass is 10.1. The van der Waals surface area contributed by atoms with Crippen LogP contribution < -0.4 is 10.6 Å². The van der Waals surface area contributed by atoms with E-state index in [0.717, 1.165) is 16.7 Å². The molecule has 4 rings (SSSR count). The summed E-state index contributed by atoms with van der Waals surface area (Å²) in [6.45, 7) is 3.09.